The topological polar surface area (TPSA) is 34.4 Å². The van der Waals surface area contributed by atoms with E-state index in [0.29, 0.717) is 10.4 Å². The first-order chi connectivity index (χ1) is 11.6. The van der Waals surface area contributed by atoms with Crippen molar-refractivity contribution in [3.8, 4) is 0 Å². The van der Waals surface area contributed by atoms with Gasteiger partial charge in [-0.25, -0.2) is 4.39 Å². The summed E-state index contributed by atoms with van der Waals surface area (Å²) in [5, 5.41) is 0. The maximum atomic E-state index is 13.5. The standard InChI is InChI=1S/C18H17FN2OS2/c1-12-3-5-13(6-4-12)17(22)20-18-21(9-10-23-2)15-8-7-14(19)11-16(15)24-18/h3-8,11H,9-10H2,1-2H3. The number of carbonyl (C=O) groups is 1. The molecule has 1 aromatic heterocycles. The average Bonchev–Trinajstić information content (AvgIpc) is 2.89. The highest BCUT2D eigenvalue weighted by molar-refractivity contribution is 7.98. The predicted octanol–water partition coefficient (Wildman–Crippen LogP) is 4.25. The van der Waals surface area contributed by atoms with Crippen molar-refractivity contribution < 1.29 is 9.18 Å². The van der Waals surface area contributed by atoms with Gasteiger partial charge in [-0.2, -0.15) is 16.8 Å². The van der Waals surface area contributed by atoms with Crippen LogP contribution in [0, 0.1) is 12.7 Å². The molecular formula is C18H17FN2OS2. The zero-order valence-corrected chi connectivity index (χ0v) is 15.1. The number of nitrogens with zero attached hydrogens (tertiary/aromatic N) is 2. The Morgan fingerprint density at radius 3 is 2.71 bits per heavy atom. The second-order valence-corrected chi connectivity index (χ2v) is 7.42. The molecule has 3 rings (SSSR count). The monoisotopic (exact) mass is 360 g/mol. The summed E-state index contributed by atoms with van der Waals surface area (Å²) in [6.07, 6.45) is 2.03. The molecule has 0 atom stereocenters. The number of hydrogen-bond donors (Lipinski definition) is 0. The first kappa shape index (κ1) is 16.9. The van der Waals surface area contributed by atoms with Crippen molar-refractivity contribution in [1.82, 2.24) is 4.57 Å². The van der Waals surface area contributed by atoms with Crippen molar-refractivity contribution in [1.29, 1.82) is 0 Å². The van der Waals surface area contributed by atoms with Crippen molar-refractivity contribution in [2.45, 2.75) is 13.5 Å². The number of benzene rings is 2. The molecule has 6 heteroatoms. The van der Waals surface area contributed by atoms with Crippen LogP contribution >= 0.6 is 23.1 Å². The number of aromatic nitrogens is 1. The van der Waals surface area contributed by atoms with Gasteiger partial charge in [0, 0.05) is 17.9 Å². The molecule has 0 radical (unpaired) electrons. The molecule has 0 N–H and O–H groups in total. The lowest BCUT2D eigenvalue weighted by Crippen LogP contribution is -2.18. The van der Waals surface area contributed by atoms with Gasteiger partial charge in [0.1, 0.15) is 5.82 Å². The molecule has 0 fully saturated rings. The molecule has 3 aromatic rings. The summed E-state index contributed by atoms with van der Waals surface area (Å²) < 4.78 is 16.3. The van der Waals surface area contributed by atoms with Gasteiger partial charge in [0.2, 0.25) is 0 Å². The number of thiazole rings is 1. The van der Waals surface area contributed by atoms with E-state index in [1.807, 2.05) is 29.9 Å². The summed E-state index contributed by atoms with van der Waals surface area (Å²) in [6.45, 7) is 2.70. The third kappa shape index (κ3) is 3.60. The highest BCUT2D eigenvalue weighted by atomic mass is 32.2. The van der Waals surface area contributed by atoms with E-state index >= 15 is 0 Å². The van der Waals surface area contributed by atoms with E-state index in [0.717, 1.165) is 28.1 Å². The van der Waals surface area contributed by atoms with Crippen LogP contribution in [0.1, 0.15) is 15.9 Å². The molecular weight excluding hydrogens is 343 g/mol. The van der Waals surface area contributed by atoms with E-state index < -0.39 is 0 Å². The maximum absolute atomic E-state index is 13.5. The second kappa shape index (κ2) is 7.32. The Bertz CT molecular complexity index is 942. The van der Waals surface area contributed by atoms with Crippen LogP contribution in [-0.4, -0.2) is 22.5 Å². The molecule has 3 nitrogen and oxygen atoms in total. The van der Waals surface area contributed by atoms with Crippen LogP contribution in [0.3, 0.4) is 0 Å². The van der Waals surface area contributed by atoms with Crippen LogP contribution in [0.5, 0.6) is 0 Å². The van der Waals surface area contributed by atoms with Crippen molar-refractivity contribution in [3.63, 3.8) is 0 Å². The normalized spacial score (nSPS) is 12.0. The third-order valence-electron chi connectivity index (χ3n) is 3.66. The number of halogens is 1. The summed E-state index contributed by atoms with van der Waals surface area (Å²) in [5.74, 6) is 0.340. The van der Waals surface area contributed by atoms with E-state index in [1.165, 1.54) is 23.5 Å². The highest BCUT2D eigenvalue weighted by Crippen LogP contribution is 2.19. The van der Waals surface area contributed by atoms with Gasteiger partial charge in [0.25, 0.3) is 5.91 Å². The Balaban J connectivity index is 2.09. The van der Waals surface area contributed by atoms with Crippen molar-refractivity contribution in [2.75, 3.05) is 12.0 Å². The number of thioether (sulfide) groups is 1. The summed E-state index contributed by atoms with van der Waals surface area (Å²) in [7, 11) is 0. The molecule has 0 bridgehead atoms. The molecule has 0 unspecified atom stereocenters. The zero-order valence-electron chi connectivity index (χ0n) is 13.5. The van der Waals surface area contributed by atoms with Crippen molar-refractivity contribution in [2.24, 2.45) is 4.99 Å². The fourth-order valence-electron chi connectivity index (χ4n) is 2.38. The molecule has 124 valence electrons. The van der Waals surface area contributed by atoms with Gasteiger partial charge >= 0.3 is 0 Å². The molecule has 0 aliphatic carbocycles. The molecule has 24 heavy (non-hydrogen) atoms. The zero-order chi connectivity index (χ0) is 17.1. The Morgan fingerprint density at radius 1 is 1.25 bits per heavy atom. The van der Waals surface area contributed by atoms with Gasteiger partial charge in [0.15, 0.2) is 4.80 Å². The average molecular weight is 360 g/mol. The SMILES string of the molecule is CSCCn1c(=NC(=O)c2ccc(C)cc2)sc2cc(F)ccc21. The van der Waals surface area contributed by atoms with E-state index in [9.17, 15) is 9.18 Å². The lowest BCUT2D eigenvalue weighted by molar-refractivity contribution is 0.0998. The molecule has 1 amide bonds. The number of hydrogen-bond acceptors (Lipinski definition) is 3. The number of carbonyl (C=O) groups excluding carboxylic acids is 1. The Labute approximate surface area is 147 Å². The summed E-state index contributed by atoms with van der Waals surface area (Å²) in [5.41, 5.74) is 2.56. The first-order valence-electron chi connectivity index (χ1n) is 7.52. The number of fused-ring (bicyclic) bond motifs is 1. The molecule has 0 aliphatic heterocycles. The fourth-order valence-corrected chi connectivity index (χ4v) is 3.82. The quantitative estimate of drug-likeness (QED) is 0.697. The van der Waals surface area contributed by atoms with E-state index in [4.69, 9.17) is 0 Å². The summed E-state index contributed by atoms with van der Waals surface area (Å²) in [4.78, 5) is 17.3. The van der Waals surface area contributed by atoms with E-state index in [1.54, 1.807) is 30.0 Å². The van der Waals surface area contributed by atoms with Crippen LogP contribution in [0.4, 0.5) is 4.39 Å². The molecule has 0 aliphatic rings. The Hall–Kier alpha value is -1.92. The third-order valence-corrected chi connectivity index (χ3v) is 5.29. The number of aryl methyl sites for hydroxylation is 2. The fraction of sp³-hybridized carbons (Fsp3) is 0.222. The van der Waals surface area contributed by atoms with Crippen LogP contribution in [0.25, 0.3) is 10.2 Å². The molecule has 1 heterocycles. The van der Waals surface area contributed by atoms with Crippen LogP contribution in [-0.2, 0) is 6.54 Å². The lowest BCUT2D eigenvalue weighted by Gasteiger charge is -2.03. The van der Waals surface area contributed by atoms with Gasteiger partial charge in [-0.15, -0.1) is 0 Å². The Kier molecular flexibility index (Phi) is 5.16. The summed E-state index contributed by atoms with van der Waals surface area (Å²) in [6, 6.07) is 12.0. The van der Waals surface area contributed by atoms with Crippen molar-refractivity contribution in [3.05, 3.63) is 64.2 Å². The first-order valence-corrected chi connectivity index (χ1v) is 9.73. The van der Waals surface area contributed by atoms with Crippen molar-refractivity contribution >= 4 is 39.2 Å². The predicted molar refractivity (Wildman–Crippen MR) is 99.2 cm³/mol. The molecule has 0 saturated carbocycles. The van der Waals surface area contributed by atoms with Gasteiger partial charge < -0.3 is 4.57 Å². The smallest absolute Gasteiger partial charge is 0.279 e. The van der Waals surface area contributed by atoms with Gasteiger partial charge in [-0.05, 0) is 43.5 Å². The van der Waals surface area contributed by atoms with E-state index in [2.05, 4.69) is 4.99 Å². The lowest BCUT2D eigenvalue weighted by atomic mass is 10.1. The van der Waals surface area contributed by atoms with Gasteiger partial charge in [0.05, 0.1) is 10.2 Å². The number of rotatable bonds is 4. The van der Waals surface area contributed by atoms with Crippen LogP contribution in [0.15, 0.2) is 47.5 Å². The number of amides is 1. The summed E-state index contributed by atoms with van der Waals surface area (Å²) >= 11 is 3.06. The minimum absolute atomic E-state index is 0.278. The Morgan fingerprint density at radius 2 is 2.00 bits per heavy atom. The minimum Gasteiger partial charge on any atom is -0.316 e. The largest absolute Gasteiger partial charge is 0.316 e. The van der Waals surface area contributed by atoms with E-state index in [-0.39, 0.29) is 11.7 Å². The van der Waals surface area contributed by atoms with Gasteiger partial charge in [-0.1, -0.05) is 29.0 Å². The van der Waals surface area contributed by atoms with Crippen LogP contribution in [0.2, 0.25) is 0 Å². The second-order valence-electron chi connectivity index (χ2n) is 5.42. The van der Waals surface area contributed by atoms with Gasteiger partial charge in [-0.3, -0.25) is 4.79 Å². The van der Waals surface area contributed by atoms with Crippen LogP contribution < -0.4 is 4.80 Å². The maximum Gasteiger partial charge on any atom is 0.279 e. The molecule has 2 aromatic carbocycles. The molecule has 0 saturated heterocycles. The molecule has 0 spiro atoms. The highest BCUT2D eigenvalue weighted by Gasteiger charge is 2.10. The minimum atomic E-state index is -0.280.